The summed E-state index contributed by atoms with van der Waals surface area (Å²) in [7, 11) is 0. The standard InChI is InChI=1S/C20H25NO3/c1-5-23-20(17(4)22)14-18-8-10-19(11-9-18)24-13-12-21-15(2)6-7-16(21)3/h6-11,14H,5,12-13H2,1-4H3. The van der Waals surface area contributed by atoms with Crippen LogP contribution in [0.2, 0.25) is 0 Å². The van der Waals surface area contributed by atoms with Crippen molar-refractivity contribution in [3.63, 3.8) is 0 Å². The van der Waals surface area contributed by atoms with Crippen molar-refractivity contribution in [2.24, 2.45) is 0 Å². The molecule has 0 amide bonds. The second-order valence-electron chi connectivity index (χ2n) is 5.68. The number of carbonyl (C=O) groups is 1. The van der Waals surface area contributed by atoms with Gasteiger partial charge in [-0.05, 0) is 56.7 Å². The van der Waals surface area contributed by atoms with E-state index in [2.05, 4.69) is 30.5 Å². The fourth-order valence-electron chi connectivity index (χ4n) is 2.52. The Balaban J connectivity index is 1.94. The van der Waals surface area contributed by atoms with Gasteiger partial charge in [0.1, 0.15) is 12.4 Å². The van der Waals surface area contributed by atoms with Crippen LogP contribution in [-0.2, 0) is 16.1 Å². The number of rotatable bonds is 8. The number of hydrogen-bond donors (Lipinski definition) is 0. The summed E-state index contributed by atoms with van der Waals surface area (Å²) in [6, 6.07) is 11.9. The Morgan fingerprint density at radius 1 is 1.08 bits per heavy atom. The highest BCUT2D eigenvalue weighted by Gasteiger charge is 2.05. The van der Waals surface area contributed by atoms with Gasteiger partial charge in [-0.25, -0.2) is 0 Å². The molecule has 0 aliphatic carbocycles. The first-order valence-corrected chi connectivity index (χ1v) is 8.22. The zero-order valence-corrected chi connectivity index (χ0v) is 14.8. The van der Waals surface area contributed by atoms with E-state index in [9.17, 15) is 4.79 Å². The van der Waals surface area contributed by atoms with E-state index in [0.717, 1.165) is 17.9 Å². The average Bonchev–Trinajstić information content (AvgIpc) is 2.87. The fourth-order valence-corrected chi connectivity index (χ4v) is 2.52. The molecule has 1 heterocycles. The van der Waals surface area contributed by atoms with Crippen molar-refractivity contribution in [2.45, 2.75) is 34.2 Å². The minimum atomic E-state index is -0.0744. The van der Waals surface area contributed by atoms with Gasteiger partial charge in [0, 0.05) is 18.3 Å². The molecule has 0 saturated carbocycles. The highest BCUT2D eigenvalue weighted by Crippen LogP contribution is 2.16. The van der Waals surface area contributed by atoms with Gasteiger partial charge < -0.3 is 14.0 Å². The quantitative estimate of drug-likeness (QED) is 0.540. The number of Topliss-reactive ketones (excluding diaryl/α,β-unsaturated/α-hetero) is 1. The van der Waals surface area contributed by atoms with Crippen LogP contribution in [0.4, 0.5) is 0 Å². The van der Waals surface area contributed by atoms with Crippen LogP contribution in [0.5, 0.6) is 5.75 Å². The SMILES string of the molecule is CCOC(=Cc1ccc(OCCn2c(C)ccc2C)cc1)C(C)=O. The normalized spacial score (nSPS) is 11.4. The Morgan fingerprint density at radius 2 is 1.71 bits per heavy atom. The van der Waals surface area contributed by atoms with Crippen molar-refractivity contribution in [3.05, 3.63) is 59.1 Å². The Hall–Kier alpha value is -2.49. The third-order valence-electron chi connectivity index (χ3n) is 3.83. The summed E-state index contributed by atoms with van der Waals surface area (Å²) in [4.78, 5) is 11.5. The minimum Gasteiger partial charge on any atom is -0.492 e. The van der Waals surface area contributed by atoms with Gasteiger partial charge in [0.15, 0.2) is 11.5 Å². The molecule has 0 aliphatic rings. The second kappa shape index (κ2) is 8.39. The van der Waals surface area contributed by atoms with Crippen LogP contribution in [0.15, 0.2) is 42.2 Å². The molecule has 0 spiro atoms. The summed E-state index contributed by atoms with van der Waals surface area (Å²) in [5, 5.41) is 0. The lowest BCUT2D eigenvalue weighted by molar-refractivity contribution is -0.116. The zero-order chi connectivity index (χ0) is 17.5. The number of carbonyl (C=O) groups excluding carboxylic acids is 1. The van der Waals surface area contributed by atoms with Crippen molar-refractivity contribution < 1.29 is 14.3 Å². The summed E-state index contributed by atoms with van der Waals surface area (Å²) < 4.78 is 13.4. The lowest BCUT2D eigenvalue weighted by Crippen LogP contribution is -2.10. The lowest BCUT2D eigenvalue weighted by Gasteiger charge is -2.11. The predicted octanol–water partition coefficient (Wildman–Crippen LogP) is 4.15. The van der Waals surface area contributed by atoms with Crippen molar-refractivity contribution in [1.82, 2.24) is 4.57 Å². The molecule has 1 aromatic heterocycles. The van der Waals surface area contributed by atoms with E-state index in [1.807, 2.05) is 31.2 Å². The summed E-state index contributed by atoms with van der Waals surface area (Å²) in [5.41, 5.74) is 3.40. The summed E-state index contributed by atoms with van der Waals surface area (Å²) >= 11 is 0. The highest BCUT2D eigenvalue weighted by molar-refractivity contribution is 5.95. The number of benzene rings is 1. The van der Waals surface area contributed by atoms with Gasteiger partial charge in [0.2, 0.25) is 0 Å². The molecule has 1 aromatic carbocycles. The maximum atomic E-state index is 11.5. The van der Waals surface area contributed by atoms with Gasteiger partial charge in [-0.15, -0.1) is 0 Å². The molecule has 0 atom stereocenters. The maximum Gasteiger partial charge on any atom is 0.194 e. The summed E-state index contributed by atoms with van der Waals surface area (Å²) in [5.74, 6) is 1.12. The molecule has 0 fully saturated rings. The first-order chi connectivity index (χ1) is 11.5. The number of aromatic nitrogens is 1. The van der Waals surface area contributed by atoms with Crippen LogP contribution >= 0.6 is 0 Å². The molecule has 0 N–H and O–H groups in total. The third kappa shape index (κ3) is 4.75. The first kappa shape index (κ1) is 17.9. The van der Waals surface area contributed by atoms with Crippen LogP contribution < -0.4 is 4.74 Å². The van der Waals surface area contributed by atoms with E-state index in [1.165, 1.54) is 18.3 Å². The molecule has 0 saturated heterocycles. The van der Waals surface area contributed by atoms with Crippen LogP contribution in [0.1, 0.15) is 30.8 Å². The van der Waals surface area contributed by atoms with E-state index in [1.54, 1.807) is 6.08 Å². The minimum absolute atomic E-state index is 0.0744. The Labute approximate surface area is 143 Å². The largest absolute Gasteiger partial charge is 0.492 e. The van der Waals surface area contributed by atoms with Gasteiger partial charge in [-0.2, -0.15) is 0 Å². The van der Waals surface area contributed by atoms with Crippen LogP contribution in [0.3, 0.4) is 0 Å². The molecule has 4 nitrogen and oxygen atoms in total. The van der Waals surface area contributed by atoms with E-state index < -0.39 is 0 Å². The summed E-state index contributed by atoms with van der Waals surface area (Å²) in [6.45, 7) is 9.48. The number of nitrogens with zero attached hydrogens (tertiary/aromatic N) is 1. The topological polar surface area (TPSA) is 40.5 Å². The van der Waals surface area contributed by atoms with Gasteiger partial charge >= 0.3 is 0 Å². The number of ether oxygens (including phenoxy) is 2. The smallest absolute Gasteiger partial charge is 0.194 e. The van der Waals surface area contributed by atoms with Crippen molar-refractivity contribution in [1.29, 1.82) is 0 Å². The molecule has 2 aromatic rings. The van der Waals surface area contributed by atoms with Crippen molar-refractivity contribution in [2.75, 3.05) is 13.2 Å². The maximum absolute atomic E-state index is 11.5. The Bertz CT molecular complexity index is 691. The molecule has 4 heteroatoms. The Kier molecular flexibility index (Phi) is 6.24. The molecule has 128 valence electrons. The highest BCUT2D eigenvalue weighted by atomic mass is 16.5. The van der Waals surface area contributed by atoms with E-state index in [-0.39, 0.29) is 5.78 Å². The molecule has 0 bridgehead atoms. The van der Waals surface area contributed by atoms with Crippen LogP contribution in [-0.4, -0.2) is 23.6 Å². The van der Waals surface area contributed by atoms with Crippen LogP contribution in [0.25, 0.3) is 6.08 Å². The molecule has 0 unspecified atom stereocenters. The van der Waals surface area contributed by atoms with E-state index in [0.29, 0.717) is 19.0 Å². The number of aryl methyl sites for hydroxylation is 2. The fraction of sp³-hybridized carbons (Fsp3) is 0.350. The van der Waals surface area contributed by atoms with Crippen molar-refractivity contribution in [3.8, 4) is 5.75 Å². The van der Waals surface area contributed by atoms with Crippen LogP contribution in [0, 0.1) is 13.8 Å². The van der Waals surface area contributed by atoms with Gasteiger partial charge in [-0.3, -0.25) is 4.79 Å². The Morgan fingerprint density at radius 3 is 2.25 bits per heavy atom. The van der Waals surface area contributed by atoms with Crippen molar-refractivity contribution >= 4 is 11.9 Å². The van der Waals surface area contributed by atoms with Gasteiger partial charge in [0.25, 0.3) is 0 Å². The monoisotopic (exact) mass is 327 g/mol. The predicted molar refractivity (Wildman–Crippen MR) is 96.1 cm³/mol. The molecular weight excluding hydrogens is 302 g/mol. The number of hydrogen-bond acceptors (Lipinski definition) is 3. The molecule has 2 rings (SSSR count). The summed E-state index contributed by atoms with van der Waals surface area (Å²) in [6.07, 6.45) is 1.75. The average molecular weight is 327 g/mol. The molecular formula is C20H25NO3. The van der Waals surface area contributed by atoms with E-state index in [4.69, 9.17) is 9.47 Å². The zero-order valence-electron chi connectivity index (χ0n) is 14.8. The van der Waals surface area contributed by atoms with Gasteiger partial charge in [-0.1, -0.05) is 12.1 Å². The third-order valence-corrected chi connectivity index (χ3v) is 3.83. The molecule has 24 heavy (non-hydrogen) atoms. The second-order valence-corrected chi connectivity index (χ2v) is 5.68. The number of allylic oxidation sites excluding steroid dienone is 1. The first-order valence-electron chi connectivity index (χ1n) is 8.22. The number of ketones is 1. The van der Waals surface area contributed by atoms with Gasteiger partial charge in [0.05, 0.1) is 13.2 Å². The molecule has 0 radical (unpaired) electrons. The molecule has 0 aliphatic heterocycles. The van der Waals surface area contributed by atoms with E-state index >= 15 is 0 Å². The lowest BCUT2D eigenvalue weighted by atomic mass is 10.2.